The van der Waals surface area contributed by atoms with Gasteiger partial charge >= 0.3 is 0 Å². The lowest BCUT2D eigenvalue weighted by atomic mass is 9.91. The number of benzene rings is 3. The Morgan fingerprint density at radius 2 is 1.51 bits per heavy atom. The van der Waals surface area contributed by atoms with E-state index >= 15 is 0 Å². The smallest absolute Gasteiger partial charge is 0.251 e. The van der Waals surface area contributed by atoms with Crippen molar-refractivity contribution >= 4 is 23.4 Å². The first-order chi connectivity index (χ1) is 18.0. The Morgan fingerprint density at radius 3 is 2.16 bits per heavy atom. The standard InChI is InChI=1S/C29H29N3O5/c1-36-25-14-20-13-23(28(34)30-17-19-9-5-3-6-10-19)31(18-21(20)15-26(25)37-2)24-16-27(33)32(29(24)35)22-11-7-4-8-12-22/h3-12,14-15,23-24H,13,16-18H2,1-2H3,(H,30,34)/t23-,24?/m1/s1. The molecule has 1 N–H and O–H groups in total. The molecule has 1 unspecified atom stereocenters. The average molecular weight is 500 g/mol. The number of methoxy groups -OCH3 is 2. The van der Waals surface area contributed by atoms with Crippen LogP contribution in [-0.2, 0) is 33.9 Å². The molecule has 3 aromatic carbocycles. The van der Waals surface area contributed by atoms with Crippen LogP contribution in [0.15, 0.2) is 72.8 Å². The van der Waals surface area contributed by atoms with Gasteiger partial charge in [-0.3, -0.25) is 19.3 Å². The molecule has 2 atom stereocenters. The molecule has 0 bridgehead atoms. The van der Waals surface area contributed by atoms with Crippen molar-refractivity contribution < 1.29 is 23.9 Å². The Hall–Kier alpha value is -4.17. The van der Waals surface area contributed by atoms with Gasteiger partial charge in [-0.2, -0.15) is 0 Å². The number of hydrogen-bond acceptors (Lipinski definition) is 6. The third-order valence-electron chi connectivity index (χ3n) is 7.02. The van der Waals surface area contributed by atoms with Gasteiger partial charge in [0.05, 0.1) is 38.4 Å². The summed E-state index contributed by atoms with van der Waals surface area (Å²) in [5.41, 5.74) is 3.40. The van der Waals surface area contributed by atoms with Gasteiger partial charge in [-0.1, -0.05) is 48.5 Å². The van der Waals surface area contributed by atoms with E-state index in [1.54, 1.807) is 38.5 Å². The number of nitrogens with one attached hydrogen (secondary N) is 1. The van der Waals surface area contributed by atoms with Crippen LogP contribution < -0.4 is 19.7 Å². The van der Waals surface area contributed by atoms with Crippen LogP contribution in [0.2, 0.25) is 0 Å². The van der Waals surface area contributed by atoms with Gasteiger partial charge in [0.25, 0.3) is 5.91 Å². The van der Waals surface area contributed by atoms with Crippen LogP contribution in [0.3, 0.4) is 0 Å². The molecule has 3 amide bonds. The second-order valence-electron chi connectivity index (χ2n) is 9.19. The van der Waals surface area contributed by atoms with Crippen LogP contribution in [0.1, 0.15) is 23.1 Å². The number of fused-ring (bicyclic) bond motifs is 1. The van der Waals surface area contributed by atoms with Crippen molar-refractivity contribution in [1.29, 1.82) is 0 Å². The second kappa shape index (κ2) is 10.4. The molecule has 8 heteroatoms. The Kier molecular flexibility index (Phi) is 6.92. The van der Waals surface area contributed by atoms with Gasteiger partial charge in [-0.25, -0.2) is 4.90 Å². The molecule has 0 aromatic heterocycles. The van der Waals surface area contributed by atoms with Crippen molar-refractivity contribution in [2.24, 2.45) is 0 Å². The first-order valence-corrected chi connectivity index (χ1v) is 12.2. The molecule has 2 aliphatic rings. The van der Waals surface area contributed by atoms with Crippen molar-refractivity contribution in [2.45, 2.75) is 38.0 Å². The lowest BCUT2D eigenvalue weighted by Crippen LogP contribution is -2.55. The monoisotopic (exact) mass is 499 g/mol. The molecular formula is C29H29N3O5. The Bertz CT molecular complexity index is 1310. The number of ether oxygens (including phenoxy) is 2. The molecule has 0 saturated carbocycles. The summed E-state index contributed by atoms with van der Waals surface area (Å²) in [4.78, 5) is 43.2. The third kappa shape index (κ3) is 4.80. The molecule has 1 saturated heterocycles. The summed E-state index contributed by atoms with van der Waals surface area (Å²) in [6.07, 6.45) is 0.387. The molecule has 8 nitrogen and oxygen atoms in total. The Labute approximate surface area is 215 Å². The quantitative estimate of drug-likeness (QED) is 0.503. The fraction of sp³-hybridized carbons (Fsp3) is 0.276. The minimum atomic E-state index is -0.749. The summed E-state index contributed by atoms with van der Waals surface area (Å²) in [6.45, 7) is 0.696. The summed E-state index contributed by atoms with van der Waals surface area (Å²) in [5, 5.41) is 3.03. The molecule has 3 aromatic rings. The first-order valence-electron chi connectivity index (χ1n) is 12.2. The zero-order chi connectivity index (χ0) is 25.9. The maximum atomic E-state index is 13.6. The van der Waals surface area contributed by atoms with E-state index in [0.29, 0.717) is 36.7 Å². The molecule has 37 heavy (non-hydrogen) atoms. The molecule has 190 valence electrons. The van der Waals surface area contributed by atoms with E-state index in [2.05, 4.69) is 5.32 Å². The van der Waals surface area contributed by atoms with Crippen molar-refractivity contribution in [1.82, 2.24) is 10.2 Å². The normalized spacial score (nSPS) is 19.5. The van der Waals surface area contributed by atoms with Crippen LogP contribution in [0, 0.1) is 0 Å². The number of hydrogen-bond donors (Lipinski definition) is 1. The largest absolute Gasteiger partial charge is 0.493 e. The number of carbonyl (C=O) groups excluding carboxylic acids is 3. The number of imide groups is 1. The van der Waals surface area contributed by atoms with Crippen molar-refractivity contribution in [2.75, 3.05) is 19.1 Å². The molecule has 1 fully saturated rings. The molecule has 2 heterocycles. The first kappa shape index (κ1) is 24.5. The maximum Gasteiger partial charge on any atom is 0.251 e. The summed E-state index contributed by atoms with van der Waals surface area (Å²) in [5.74, 6) is 0.375. The van der Waals surface area contributed by atoms with Crippen LogP contribution >= 0.6 is 0 Å². The molecule has 0 spiro atoms. The maximum absolute atomic E-state index is 13.6. The summed E-state index contributed by atoms with van der Waals surface area (Å²) < 4.78 is 11.0. The van der Waals surface area contributed by atoms with Gasteiger partial charge in [0, 0.05) is 13.1 Å². The lowest BCUT2D eigenvalue weighted by Gasteiger charge is -2.39. The van der Waals surface area contributed by atoms with E-state index in [0.717, 1.165) is 16.7 Å². The van der Waals surface area contributed by atoms with Gasteiger partial charge in [0.15, 0.2) is 11.5 Å². The van der Waals surface area contributed by atoms with Crippen LogP contribution in [0.5, 0.6) is 11.5 Å². The fourth-order valence-electron chi connectivity index (χ4n) is 5.13. The highest BCUT2D eigenvalue weighted by Crippen LogP contribution is 2.37. The number of carbonyl (C=O) groups is 3. The van der Waals surface area contributed by atoms with Crippen LogP contribution in [0.25, 0.3) is 0 Å². The summed E-state index contributed by atoms with van der Waals surface area (Å²) in [6, 6.07) is 21.0. The van der Waals surface area contributed by atoms with E-state index in [4.69, 9.17) is 9.47 Å². The van der Waals surface area contributed by atoms with E-state index in [1.165, 1.54) is 4.90 Å². The minimum Gasteiger partial charge on any atom is -0.493 e. The van der Waals surface area contributed by atoms with E-state index in [1.807, 2.05) is 53.4 Å². The second-order valence-corrected chi connectivity index (χ2v) is 9.19. The number of anilines is 1. The molecule has 2 aliphatic heterocycles. The number of para-hydroxylation sites is 1. The van der Waals surface area contributed by atoms with E-state index in [9.17, 15) is 14.4 Å². The van der Waals surface area contributed by atoms with Crippen LogP contribution in [-0.4, -0.2) is 48.9 Å². The Morgan fingerprint density at radius 1 is 0.892 bits per heavy atom. The van der Waals surface area contributed by atoms with Gasteiger partial charge in [-0.05, 0) is 47.4 Å². The van der Waals surface area contributed by atoms with Gasteiger partial charge in [-0.15, -0.1) is 0 Å². The zero-order valence-corrected chi connectivity index (χ0v) is 20.8. The number of nitrogens with zero attached hydrogens (tertiary/aromatic N) is 2. The van der Waals surface area contributed by atoms with Gasteiger partial charge in [0.1, 0.15) is 0 Å². The molecule has 5 rings (SSSR count). The van der Waals surface area contributed by atoms with E-state index < -0.39 is 12.1 Å². The number of rotatable bonds is 7. The van der Waals surface area contributed by atoms with Gasteiger partial charge in [0.2, 0.25) is 11.8 Å². The van der Waals surface area contributed by atoms with Crippen LogP contribution in [0.4, 0.5) is 5.69 Å². The predicted molar refractivity (Wildman–Crippen MR) is 138 cm³/mol. The highest BCUT2D eigenvalue weighted by atomic mass is 16.5. The van der Waals surface area contributed by atoms with Crippen molar-refractivity contribution in [3.8, 4) is 11.5 Å². The molecular weight excluding hydrogens is 470 g/mol. The topological polar surface area (TPSA) is 88.2 Å². The zero-order valence-electron chi connectivity index (χ0n) is 20.8. The van der Waals surface area contributed by atoms with E-state index in [-0.39, 0.29) is 24.1 Å². The molecule has 0 radical (unpaired) electrons. The predicted octanol–water partition coefficient (Wildman–Crippen LogP) is 3.08. The third-order valence-corrected chi connectivity index (χ3v) is 7.02. The number of amides is 3. The highest BCUT2D eigenvalue weighted by molar-refractivity contribution is 6.22. The summed E-state index contributed by atoms with van der Waals surface area (Å²) in [7, 11) is 3.14. The lowest BCUT2D eigenvalue weighted by molar-refractivity contribution is -0.131. The fourth-order valence-corrected chi connectivity index (χ4v) is 5.13. The SMILES string of the molecule is COc1cc2c(cc1OC)CN(C1CC(=O)N(c3ccccc3)C1=O)[C@@H](C(=O)NCc1ccccc1)C2. The average Bonchev–Trinajstić information content (AvgIpc) is 3.24. The Balaban J connectivity index is 1.47. The van der Waals surface area contributed by atoms with Crippen molar-refractivity contribution in [3.63, 3.8) is 0 Å². The summed E-state index contributed by atoms with van der Waals surface area (Å²) >= 11 is 0. The van der Waals surface area contributed by atoms with Gasteiger partial charge < -0.3 is 14.8 Å². The highest BCUT2D eigenvalue weighted by Gasteiger charge is 2.47. The van der Waals surface area contributed by atoms with Crippen molar-refractivity contribution in [3.05, 3.63) is 89.5 Å². The minimum absolute atomic E-state index is 0.0127. The molecule has 0 aliphatic carbocycles.